The standard InChI is InChI=1S/C18H15F2N3O4S/c1-11-3-6-13(7-4-11)28(25,26)27-18-14(10-23(2)22-18)17(24)21-16-8-5-12(19)9-15(16)20/h3-10H,1-2H3,(H,21,24). The molecule has 0 atom stereocenters. The Morgan fingerprint density at radius 2 is 1.82 bits per heavy atom. The molecule has 3 rings (SSSR count). The average Bonchev–Trinajstić information content (AvgIpc) is 2.97. The summed E-state index contributed by atoms with van der Waals surface area (Å²) in [6, 6.07) is 8.55. The molecule has 1 aromatic heterocycles. The van der Waals surface area contributed by atoms with Gasteiger partial charge in [-0.25, -0.2) is 8.78 Å². The lowest BCUT2D eigenvalue weighted by Crippen LogP contribution is -2.16. The molecule has 146 valence electrons. The number of hydrogen-bond acceptors (Lipinski definition) is 5. The monoisotopic (exact) mass is 407 g/mol. The Kier molecular flexibility index (Phi) is 5.14. The number of carbonyl (C=O) groups excluding carboxylic acids is 1. The highest BCUT2D eigenvalue weighted by molar-refractivity contribution is 7.87. The Labute approximate surface area is 159 Å². The van der Waals surface area contributed by atoms with Crippen LogP contribution in [0.1, 0.15) is 15.9 Å². The van der Waals surface area contributed by atoms with Gasteiger partial charge < -0.3 is 9.50 Å². The van der Waals surface area contributed by atoms with Gasteiger partial charge in [0.05, 0.1) is 5.69 Å². The molecule has 0 aliphatic carbocycles. The van der Waals surface area contributed by atoms with E-state index in [0.717, 1.165) is 17.7 Å². The summed E-state index contributed by atoms with van der Waals surface area (Å²) in [5, 5.41) is 6.07. The number of aryl methyl sites for hydroxylation is 2. The number of benzene rings is 2. The van der Waals surface area contributed by atoms with Crippen LogP contribution in [-0.4, -0.2) is 24.1 Å². The molecule has 28 heavy (non-hydrogen) atoms. The molecule has 0 aliphatic heterocycles. The summed E-state index contributed by atoms with van der Waals surface area (Å²) in [7, 11) is -2.78. The first-order chi connectivity index (χ1) is 13.2. The van der Waals surface area contributed by atoms with Gasteiger partial charge in [0, 0.05) is 19.3 Å². The van der Waals surface area contributed by atoms with Gasteiger partial charge in [0.15, 0.2) is 0 Å². The van der Waals surface area contributed by atoms with Crippen molar-refractivity contribution in [3.8, 4) is 5.88 Å². The molecule has 1 heterocycles. The lowest BCUT2D eigenvalue weighted by molar-refractivity contribution is 0.102. The van der Waals surface area contributed by atoms with E-state index in [1.165, 1.54) is 30.1 Å². The molecule has 0 saturated carbocycles. The third kappa shape index (κ3) is 4.17. The second-order valence-corrected chi connectivity index (χ2v) is 7.50. The zero-order valence-corrected chi connectivity index (χ0v) is 15.6. The van der Waals surface area contributed by atoms with E-state index < -0.39 is 33.5 Å². The van der Waals surface area contributed by atoms with Gasteiger partial charge >= 0.3 is 10.1 Å². The van der Waals surface area contributed by atoms with Gasteiger partial charge in [0.25, 0.3) is 11.8 Å². The van der Waals surface area contributed by atoms with E-state index in [1.54, 1.807) is 19.1 Å². The number of hydrogen-bond donors (Lipinski definition) is 1. The Morgan fingerprint density at radius 1 is 1.14 bits per heavy atom. The van der Waals surface area contributed by atoms with Crippen LogP contribution in [0.4, 0.5) is 14.5 Å². The minimum atomic E-state index is -4.24. The second-order valence-electron chi connectivity index (χ2n) is 5.95. The van der Waals surface area contributed by atoms with Crippen LogP contribution in [0.3, 0.4) is 0 Å². The summed E-state index contributed by atoms with van der Waals surface area (Å²) in [5.41, 5.74) is 0.350. The maximum atomic E-state index is 13.8. The van der Waals surface area contributed by atoms with Crippen molar-refractivity contribution in [1.82, 2.24) is 9.78 Å². The van der Waals surface area contributed by atoms with Crippen LogP contribution in [0, 0.1) is 18.6 Å². The topological polar surface area (TPSA) is 90.3 Å². The van der Waals surface area contributed by atoms with Gasteiger partial charge in [-0.3, -0.25) is 9.48 Å². The fraction of sp³-hybridized carbons (Fsp3) is 0.111. The van der Waals surface area contributed by atoms with Crippen LogP contribution in [0.2, 0.25) is 0 Å². The van der Waals surface area contributed by atoms with Gasteiger partial charge in [-0.2, -0.15) is 8.42 Å². The van der Waals surface area contributed by atoms with Gasteiger partial charge in [-0.15, -0.1) is 5.10 Å². The van der Waals surface area contributed by atoms with Crippen molar-refractivity contribution in [1.29, 1.82) is 0 Å². The Bertz CT molecular complexity index is 1140. The van der Waals surface area contributed by atoms with Crippen molar-refractivity contribution in [2.45, 2.75) is 11.8 Å². The fourth-order valence-electron chi connectivity index (χ4n) is 2.32. The number of nitrogens with zero attached hydrogens (tertiary/aromatic N) is 2. The molecule has 0 aliphatic rings. The van der Waals surface area contributed by atoms with Crippen LogP contribution in [0.25, 0.3) is 0 Å². The highest BCUT2D eigenvalue weighted by Crippen LogP contribution is 2.23. The predicted octanol–water partition coefficient (Wildman–Crippen LogP) is 3.03. The van der Waals surface area contributed by atoms with Crippen molar-refractivity contribution in [2.24, 2.45) is 7.05 Å². The lowest BCUT2D eigenvalue weighted by atomic mass is 10.2. The van der Waals surface area contributed by atoms with Crippen LogP contribution in [0.5, 0.6) is 5.88 Å². The Balaban J connectivity index is 1.88. The maximum absolute atomic E-state index is 13.8. The van der Waals surface area contributed by atoms with E-state index in [2.05, 4.69) is 10.4 Å². The molecule has 0 spiro atoms. The molecular formula is C18H15F2N3O4S. The fourth-order valence-corrected chi connectivity index (χ4v) is 3.22. The molecule has 0 bridgehead atoms. The van der Waals surface area contributed by atoms with Gasteiger partial charge in [-0.05, 0) is 31.2 Å². The quantitative estimate of drug-likeness (QED) is 0.657. The lowest BCUT2D eigenvalue weighted by Gasteiger charge is -2.08. The van der Waals surface area contributed by atoms with Crippen LogP contribution in [-0.2, 0) is 17.2 Å². The normalized spacial score (nSPS) is 11.3. The molecule has 0 unspecified atom stereocenters. The number of halogens is 2. The molecule has 1 amide bonds. The van der Waals surface area contributed by atoms with Gasteiger partial charge in [0.2, 0.25) is 0 Å². The van der Waals surface area contributed by atoms with Crippen LogP contribution >= 0.6 is 0 Å². The molecule has 0 saturated heterocycles. The number of carbonyl (C=O) groups is 1. The van der Waals surface area contributed by atoms with Gasteiger partial charge in [-0.1, -0.05) is 17.7 Å². The third-order valence-electron chi connectivity index (χ3n) is 3.72. The zero-order chi connectivity index (χ0) is 20.5. The largest absolute Gasteiger partial charge is 0.356 e. The summed E-state index contributed by atoms with van der Waals surface area (Å²) < 4.78 is 57.8. The summed E-state index contributed by atoms with van der Waals surface area (Å²) in [4.78, 5) is 12.3. The second kappa shape index (κ2) is 7.39. The smallest absolute Gasteiger partial charge is 0.340 e. The van der Waals surface area contributed by atoms with E-state index in [9.17, 15) is 22.0 Å². The molecule has 0 fully saturated rings. The summed E-state index contributed by atoms with van der Waals surface area (Å²) in [5.74, 6) is -3.12. The summed E-state index contributed by atoms with van der Waals surface area (Å²) in [6.07, 6.45) is 1.22. The molecule has 0 radical (unpaired) electrons. The third-order valence-corrected chi connectivity index (χ3v) is 4.94. The van der Waals surface area contributed by atoms with E-state index in [1.807, 2.05) is 0 Å². The number of anilines is 1. The maximum Gasteiger partial charge on any atom is 0.340 e. The van der Waals surface area contributed by atoms with E-state index in [0.29, 0.717) is 6.07 Å². The molecule has 3 aromatic rings. The molecular weight excluding hydrogens is 392 g/mol. The molecule has 2 aromatic carbocycles. The highest BCUT2D eigenvalue weighted by atomic mass is 32.2. The molecule has 10 heteroatoms. The van der Waals surface area contributed by atoms with Crippen molar-refractivity contribution in [3.63, 3.8) is 0 Å². The van der Waals surface area contributed by atoms with E-state index >= 15 is 0 Å². The summed E-state index contributed by atoms with van der Waals surface area (Å²) in [6.45, 7) is 1.80. The first kappa shape index (κ1) is 19.5. The van der Waals surface area contributed by atoms with Crippen LogP contribution < -0.4 is 9.50 Å². The predicted molar refractivity (Wildman–Crippen MR) is 96.5 cm³/mol. The first-order valence-corrected chi connectivity index (χ1v) is 9.38. The number of amides is 1. The Morgan fingerprint density at radius 3 is 2.46 bits per heavy atom. The first-order valence-electron chi connectivity index (χ1n) is 7.97. The minimum absolute atomic E-state index is 0.111. The van der Waals surface area contributed by atoms with Gasteiger partial charge in [0.1, 0.15) is 22.1 Å². The number of aromatic nitrogens is 2. The minimum Gasteiger partial charge on any atom is -0.356 e. The molecule has 1 N–H and O–H groups in total. The Hall–Kier alpha value is -3.27. The van der Waals surface area contributed by atoms with Crippen molar-refractivity contribution < 1.29 is 26.2 Å². The van der Waals surface area contributed by atoms with Crippen molar-refractivity contribution >= 4 is 21.7 Å². The average molecular weight is 407 g/mol. The van der Waals surface area contributed by atoms with E-state index in [4.69, 9.17) is 4.18 Å². The highest BCUT2D eigenvalue weighted by Gasteiger charge is 2.25. The zero-order valence-electron chi connectivity index (χ0n) is 14.8. The van der Waals surface area contributed by atoms with Crippen molar-refractivity contribution in [3.05, 3.63) is 71.4 Å². The number of rotatable bonds is 5. The van der Waals surface area contributed by atoms with E-state index in [-0.39, 0.29) is 16.1 Å². The van der Waals surface area contributed by atoms with Crippen LogP contribution in [0.15, 0.2) is 53.6 Å². The molecule has 7 nitrogen and oxygen atoms in total. The number of nitrogens with one attached hydrogen (secondary N) is 1. The van der Waals surface area contributed by atoms with Crippen molar-refractivity contribution in [2.75, 3.05) is 5.32 Å². The SMILES string of the molecule is Cc1ccc(S(=O)(=O)Oc2nn(C)cc2C(=O)Nc2ccc(F)cc2F)cc1. The summed E-state index contributed by atoms with van der Waals surface area (Å²) >= 11 is 0.